The van der Waals surface area contributed by atoms with E-state index in [9.17, 15) is 14.2 Å². The summed E-state index contributed by atoms with van der Waals surface area (Å²) in [5, 5.41) is 3.19. The lowest BCUT2D eigenvalue weighted by Crippen LogP contribution is -2.22. The standard InChI is InChI=1S/C14H23N4O5P/c1-3-22-24(21,23-4-2)7-5-6-15-8-10-9-16-12-11(10)17-14(20)18-13(12)19/h9,15-16H,3-8H2,1-2H3,(H2,17,18,19,20). The van der Waals surface area contributed by atoms with Gasteiger partial charge in [-0.3, -0.25) is 14.3 Å². The van der Waals surface area contributed by atoms with Gasteiger partial charge in [0.15, 0.2) is 0 Å². The summed E-state index contributed by atoms with van der Waals surface area (Å²) >= 11 is 0. The molecule has 2 aromatic heterocycles. The minimum Gasteiger partial charge on any atom is -0.355 e. The maximum atomic E-state index is 12.3. The minimum atomic E-state index is -3.01. The molecule has 4 N–H and O–H groups in total. The Morgan fingerprint density at radius 1 is 1.12 bits per heavy atom. The number of nitrogens with one attached hydrogen (secondary N) is 4. The first-order valence-corrected chi connectivity index (χ1v) is 9.63. The SMILES string of the molecule is CCOP(=O)(CCCNCc1c[nH]c2c(=O)[nH]c(=O)[nH]c12)OCC. The van der Waals surface area contributed by atoms with E-state index in [0.717, 1.165) is 5.56 Å². The number of aromatic nitrogens is 3. The Morgan fingerprint density at radius 2 is 1.83 bits per heavy atom. The third kappa shape index (κ3) is 4.67. The second-order valence-electron chi connectivity index (χ2n) is 5.17. The molecule has 0 saturated heterocycles. The lowest BCUT2D eigenvalue weighted by molar-refractivity contribution is 0.219. The van der Waals surface area contributed by atoms with Crippen molar-refractivity contribution in [1.82, 2.24) is 20.3 Å². The van der Waals surface area contributed by atoms with E-state index >= 15 is 0 Å². The topological polar surface area (TPSA) is 129 Å². The molecule has 0 radical (unpaired) electrons. The molecule has 0 aromatic carbocycles. The smallest absolute Gasteiger partial charge is 0.330 e. The monoisotopic (exact) mass is 358 g/mol. The average Bonchev–Trinajstić information content (AvgIpc) is 2.91. The largest absolute Gasteiger partial charge is 0.355 e. The van der Waals surface area contributed by atoms with Crippen molar-refractivity contribution >= 4 is 18.6 Å². The molecule has 0 fully saturated rings. The molecule has 0 amide bonds. The highest BCUT2D eigenvalue weighted by Crippen LogP contribution is 2.48. The minimum absolute atomic E-state index is 0.337. The van der Waals surface area contributed by atoms with Crippen LogP contribution < -0.4 is 16.6 Å². The molecule has 0 unspecified atom stereocenters. The first-order valence-electron chi connectivity index (χ1n) is 7.90. The summed E-state index contributed by atoms with van der Waals surface area (Å²) < 4.78 is 22.8. The highest BCUT2D eigenvalue weighted by atomic mass is 31.2. The van der Waals surface area contributed by atoms with E-state index in [1.807, 2.05) is 0 Å². The third-order valence-corrected chi connectivity index (χ3v) is 5.57. The zero-order valence-electron chi connectivity index (χ0n) is 13.8. The zero-order chi connectivity index (χ0) is 17.6. The highest BCUT2D eigenvalue weighted by molar-refractivity contribution is 7.53. The van der Waals surface area contributed by atoms with Gasteiger partial charge in [-0.15, -0.1) is 0 Å². The number of aromatic amines is 3. The van der Waals surface area contributed by atoms with Gasteiger partial charge in [-0.2, -0.15) is 0 Å². The molecule has 2 aromatic rings. The molecular formula is C14H23N4O5P. The zero-order valence-corrected chi connectivity index (χ0v) is 14.7. The average molecular weight is 358 g/mol. The van der Waals surface area contributed by atoms with Gasteiger partial charge in [-0.25, -0.2) is 4.79 Å². The van der Waals surface area contributed by atoms with Crippen LogP contribution in [0, 0.1) is 0 Å². The summed E-state index contributed by atoms with van der Waals surface area (Å²) in [5.74, 6) is 0. The van der Waals surface area contributed by atoms with Crippen LogP contribution in [0.25, 0.3) is 11.0 Å². The highest BCUT2D eigenvalue weighted by Gasteiger charge is 2.22. The van der Waals surface area contributed by atoms with Gasteiger partial charge in [0.05, 0.1) is 24.9 Å². The van der Waals surface area contributed by atoms with E-state index in [-0.39, 0.29) is 0 Å². The van der Waals surface area contributed by atoms with Crippen molar-refractivity contribution in [2.75, 3.05) is 25.9 Å². The van der Waals surface area contributed by atoms with E-state index in [1.54, 1.807) is 20.0 Å². The van der Waals surface area contributed by atoms with E-state index in [4.69, 9.17) is 9.05 Å². The number of fused-ring (bicyclic) bond motifs is 1. The molecule has 10 heteroatoms. The van der Waals surface area contributed by atoms with Crippen LogP contribution in [0.1, 0.15) is 25.8 Å². The van der Waals surface area contributed by atoms with Crippen LogP contribution in [-0.2, 0) is 20.2 Å². The normalized spacial score (nSPS) is 12.1. The van der Waals surface area contributed by atoms with E-state index in [0.29, 0.717) is 49.9 Å². The lowest BCUT2D eigenvalue weighted by atomic mass is 10.3. The molecule has 0 saturated carbocycles. The van der Waals surface area contributed by atoms with Gasteiger partial charge < -0.3 is 24.3 Å². The Hall–Kier alpha value is -1.67. The summed E-state index contributed by atoms with van der Waals surface area (Å²) in [6.45, 7) is 5.33. The number of rotatable bonds is 10. The van der Waals surface area contributed by atoms with Gasteiger partial charge in [0.2, 0.25) is 0 Å². The van der Waals surface area contributed by atoms with Gasteiger partial charge in [0, 0.05) is 18.3 Å². The first kappa shape index (κ1) is 18.7. The van der Waals surface area contributed by atoms with Gasteiger partial charge in [0.1, 0.15) is 5.52 Å². The second kappa shape index (κ2) is 8.43. The number of hydrogen-bond donors (Lipinski definition) is 4. The summed E-state index contributed by atoms with van der Waals surface area (Å²) in [6, 6.07) is 0. The van der Waals surface area contributed by atoms with Crippen molar-refractivity contribution in [2.45, 2.75) is 26.8 Å². The molecular weight excluding hydrogens is 335 g/mol. The van der Waals surface area contributed by atoms with Crippen molar-refractivity contribution in [1.29, 1.82) is 0 Å². The Bertz CT molecular complexity index is 814. The Kier molecular flexibility index (Phi) is 6.56. The fourth-order valence-electron chi connectivity index (χ4n) is 2.42. The molecule has 24 heavy (non-hydrogen) atoms. The molecule has 2 rings (SSSR count). The Labute approximate surface area is 138 Å². The molecule has 0 atom stereocenters. The van der Waals surface area contributed by atoms with E-state index in [1.165, 1.54) is 0 Å². The van der Waals surface area contributed by atoms with Crippen LogP contribution in [0.5, 0.6) is 0 Å². The lowest BCUT2D eigenvalue weighted by Gasteiger charge is -2.16. The summed E-state index contributed by atoms with van der Waals surface area (Å²) in [4.78, 5) is 30.6. The van der Waals surface area contributed by atoms with Crippen LogP contribution in [0.3, 0.4) is 0 Å². The quantitative estimate of drug-likeness (QED) is 0.374. The second-order valence-corrected chi connectivity index (χ2v) is 7.36. The van der Waals surface area contributed by atoms with Crippen LogP contribution in [0.15, 0.2) is 15.8 Å². The van der Waals surface area contributed by atoms with Gasteiger partial charge >= 0.3 is 13.3 Å². The fourth-order valence-corrected chi connectivity index (χ4v) is 4.08. The predicted molar refractivity (Wildman–Crippen MR) is 91.6 cm³/mol. The predicted octanol–water partition coefficient (Wildman–Crippen LogP) is 1.29. The van der Waals surface area contributed by atoms with Crippen molar-refractivity contribution in [2.24, 2.45) is 0 Å². The molecule has 0 aliphatic carbocycles. The number of hydrogen-bond acceptors (Lipinski definition) is 6. The van der Waals surface area contributed by atoms with Crippen LogP contribution in [0.2, 0.25) is 0 Å². The molecule has 2 heterocycles. The van der Waals surface area contributed by atoms with E-state index < -0.39 is 18.8 Å². The molecule has 0 aliphatic rings. The van der Waals surface area contributed by atoms with E-state index in [2.05, 4.69) is 20.3 Å². The van der Waals surface area contributed by atoms with Crippen LogP contribution in [0.4, 0.5) is 0 Å². The molecule has 0 bridgehead atoms. The fraction of sp³-hybridized carbons (Fsp3) is 0.571. The van der Waals surface area contributed by atoms with Crippen molar-refractivity contribution in [3.8, 4) is 0 Å². The van der Waals surface area contributed by atoms with Crippen LogP contribution in [-0.4, -0.2) is 40.9 Å². The van der Waals surface area contributed by atoms with Gasteiger partial charge in [0.25, 0.3) is 5.56 Å². The summed E-state index contributed by atoms with van der Waals surface area (Å²) in [6.07, 6.45) is 2.64. The maximum Gasteiger partial charge on any atom is 0.330 e. The van der Waals surface area contributed by atoms with Crippen molar-refractivity contribution < 1.29 is 13.6 Å². The van der Waals surface area contributed by atoms with Crippen LogP contribution >= 0.6 is 7.60 Å². The van der Waals surface area contributed by atoms with Gasteiger partial charge in [-0.1, -0.05) is 0 Å². The van der Waals surface area contributed by atoms with Gasteiger partial charge in [-0.05, 0) is 26.8 Å². The Morgan fingerprint density at radius 3 is 2.50 bits per heavy atom. The molecule has 134 valence electrons. The van der Waals surface area contributed by atoms with Crippen molar-refractivity contribution in [3.63, 3.8) is 0 Å². The maximum absolute atomic E-state index is 12.3. The molecule has 0 aliphatic heterocycles. The number of H-pyrrole nitrogens is 3. The molecule has 0 spiro atoms. The molecule has 9 nitrogen and oxygen atoms in total. The summed E-state index contributed by atoms with van der Waals surface area (Å²) in [5.41, 5.74) is 0.622. The summed E-state index contributed by atoms with van der Waals surface area (Å²) in [7, 11) is -3.01. The Balaban J connectivity index is 1.88. The van der Waals surface area contributed by atoms with Crippen molar-refractivity contribution in [3.05, 3.63) is 32.6 Å². The third-order valence-electron chi connectivity index (χ3n) is 3.41. The first-order chi connectivity index (χ1) is 11.5.